The van der Waals surface area contributed by atoms with Gasteiger partial charge in [0, 0.05) is 5.69 Å². The van der Waals surface area contributed by atoms with Crippen LogP contribution < -0.4 is 19.5 Å². The molecule has 6 nitrogen and oxygen atoms in total. The summed E-state index contributed by atoms with van der Waals surface area (Å²) in [5, 5.41) is 12.3. The lowest BCUT2D eigenvalue weighted by atomic mass is 10.1. The Kier molecular flexibility index (Phi) is 8.72. The van der Waals surface area contributed by atoms with Crippen molar-refractivity contribution >= 4 is 40.3 Å². The Morgan fingerprint density at radius 1 is 1.09 bits per heavy atom. The average molecular weight is 554 g/mol. The molecule has 1 amide bonds. The van der Waals surface area contributed by atoms with E-state index in [1.807, 2.05) is 49.4 Å². The van der Waals surface area contributed by atoms with Crippen molar-refractivity contribution in [3.8, 4) is 23.3 Å². The van der Waals surface area contributed by atoms with Gasteiger partial charge in [-0.3, -0.25) is 4.79 Å². The Morgan fingerprint density at radius 3 is 2.45 bits per heavy atom. The zero-order valence-electron chi connectivity index (χ0n) is 18.3. The molecule has 0 aromatic heterocycles. The van der Waals surface area contributed by atoms with Crippen LogP contribution in [0.25, 0.3) is 6.08 Å². The fourth-order valence-corrected chi connectivity index (χ4v) is 3.77. The first-order valence-electron chi connectivity index (χ1n) is 10.2. The van der Waals surface area contributed by atoms with Gasteiger partial charge >= 0.3 is 0 Å². The zero-order valence-corrected chi connectivity index (χ0v) is 20.5. The highest BCUT2D eigenvalue weighted by atomic mass is 127. The molecule has 33 heavy (non-hydrogen) atoms. The van der Waals surface area contributed by atoms with Crippen molar-refractivity contribution in [3.63, 3.8) is 0 Å². The van der Waals surface area contributed by atoms with E-state index in [9.17, 15) is 10.1 Å². The number of hydrogen-bond donors (Lipinski definition) is 1. The van der Waals surface area contributed by atoms with Crippen molar-refractivity contribution < 1.29 is 19.0 Å². The molecular formula is C26H23IN2O4. The average Bonchev–Trinajstić information content (AvgIpc) is 2.83. The van der Waals surface area contributed by atoms with Gasteiger partial charge in [0.25, 0.3) is 5.91 Å². The van der Waals surface area contributed by atoms with Crippen LogP contribution in [0, 0.1) is 14.9 Å². The number of halogens is 1. The van der Waals surface area contributed by atoms with Crippen molar-refractivity contribution in [1.82, 2.24) is 0 Å². The summed E-state index contributed by atoms with van der Waals surface area (Å²) in [5.74, 6) is 1.36. The highest BCUT2D eigenvalue weighted by molar-refractivity contribution is 14.1. The Hall–Kier alpha value is -3.51. The smallest absolute Gasteiger partial charge is 0.266 e. The number of nitrogens with zero attached hydrogens (tertiary/aromatic N) is 1. The molecule has 0 spiro atoms. The van der Waals surface area contributed by atoms with Crippen molar-refractivity contribution in [2.24, 2.45) is 0 Å². The van der Waals surface area contributed by atoms with Crippen molar-refractivity contribution in [1.29, 1.82) is 5.26 Å². The van der Waals surface area contributed by atoms with Crippen LogP contribution in [0.2, 0.25) is 0 Å². The highest BCUT2D eigenvalue weighted by Crippen LogP contribution is 2.35. The lowest BCUT2D eigenvalue weighted by molar-refractivity contribution is -0.112. The fourth-order valence-electron chi connectivity index (χ4n) is 2.99. The predicted octanol–water partition coefficient (Wildman–Crippen LogP) is 5.82. The van der Waals surface area contributed by atoms with Crippen LogP contribution in [0.3, 0.4) is 0 Å². The Morgan fingerprint density at radius 2 is 1.82 bits per heavy atom. The van der Waals surface area contributed by atoms with Gasteiger partial charge in [0.05, 0.1) is 17.3 Å². The van der Waals surface area contributed by atoms with Gasteiger partial charge in [-0.25, -0.2) is 0 Å². The fraction of sp³-hybridized carbons (Fsp3) is 0.154. The molecule has 7 heteroatoms. The van der Waals surface area contributed by atoms with Crippen molar-refractivity contribution in [2.45, 2.75) is 13.5 Å². The van der Waals surface area contributed by atoms with Crippen LogP contribution in [0.1, 0.15) is 18.1 Å². The van der Waals surface area contributed by atoms with Crippen LogP contribution in [0.5, 0.6) is 17.2 Å². The minimum atomic E-state index is -0.500. The molecule has 3 aromatic carbocycles. The summed E-state index contributed by atoms with van der Waals surface area (Å²) < 4.78 is 17.7. The van der Waals surface area contributed by atoms with Gasteiger partial charge in [0.1, 0.15) is 24.0 Å². The van der Waals surface area contributed by atoms with Gasteiger partial charge in [-0.1, -0.05) is 30.3 Å². The third-order valence-corrected chi connectivity index (χ3v) is 5.38. The highest BCUT2D eigenvalue weighted by Gasteiger charge is 2.15. The van der Waals surface area contributed by atoms with Gasteiger partial charge in [-0.15, -0.1) is 0 Å². The summed E-state index contributed by atoms with van der Waals surface area (Å²) in [5.41, 5.74) is 2.25. The predicted molar refractivity (Wildman–Crippen MR) is 136 cm³/mol. The molecule has 0 fully saturated rings. The second-order valence-corrected chi connectivity index (χ2v) is 8.05. The number of nitriles is 1. The molecule has 0 aliphatic carbocycles. The number of benzene rings is 3. The third kappa shape index (κ3) is 6.73. The maximum absolute atomic E-state index is 12.6. The van der Waals surface area contributed by atoms with Gasteiger partial charge in [-0.05, 0) is 83.1 Å². The van der Waals surface area contributed by atoms with E-state index in [4.69, 9.17) is 14.2 Å². The number of rotatable bonds is 9. The topological polar surface area (TPSA) is 80.6 Å². The Bertz CT molecular complexity index is 1170. The molecule has 0 saturated heterocycles. The van der Waals surface area contributed by atoms with Crippen LogP contribution in [0.4, 0.5) is 5.69 Å². The number of ether oxygens (including phenoxy) is 3. The molecule has 0 unspecified atom stereocenters. The summed E-state index contributed by atoms with van der Waals surface area (Å²) in [6.07, 6.45) is 1.53. The normalized spacial score (nSPS) is 10.8. The van der Waals surface area contributed by atoms with Crippen molar-refractivity contribution in [2.75, 3.05) is 19.0 Å². The maximum atomic E-state index is 12.6. The standard InChI is InChI=1S/C26H23IN2O4/c1-3-32-24-15-19(14-23(27)25(24)33-17-18-7-5-4-6-8-18)13-20(16-28)26(30)29-21-9-11-22(31-2)12-10-21/h4-15H,3,17H2,1-2H3,(H,29,30)/b20-13-. The lowest BCUT2D eigenvalue weighted by Gasteiger charge is -2.15. The minimum absolute atomic E-state index is 0.0259. The van der Waals surface area contributed by atoms with E-state index >= 15 is 0 Å². The first-order valence-corrected chi connectivity index (χ1v) is 11.3. The van der Waals surface area contributed by atoms with Crippen LogP contribution >= 0.6 is 22.6 Å². The first-order chi connectivity index (χ1) is 16.0. The van der Waals surface area contributed by atoms with Crippen LogP contribution in [0.15, 0.2) is 72.3 Å². The van der Waals surface area contributed by atoms with Gasteiger partial charge in [-0.2, -0.15) is 5.26 Å². The number of carbonyl (C=O) groups is 1. The summed E-state index contributed by atoms with van der Waals surface area (Å²) >= 11 is 2.17. The summed E-state index contributed by atoms with van der Waals surface area (Å²) in [4.78, 5) is 12.6. The largest absolute Gasteiger partial charge is 0.497 e. The Labute approximate surface area is 206 Å². The van der Waals surface area contributed by atoms with Gasteiger partial charge < -0.3 is 19.5 Å². The number of carbonyl (C=O) groups excluding carboxylic acids is 1. The monoisotopic (exact) mass is 554 g/mol. The number of nitrogens with one attached hydrogen (secondary N) is 1. The second-order valence-electron chi connectivity index (χ2n) is 6.89. The third-order valence-electron chi connectivity index (χ3n) is 4.58. The van der Waals surface area contributed by atoms with Gasteiger partial charge in [0.2, 0.25) is 0 Å². The Balaban J connectivity index is 1.82. The van der Waals surface area contributed by atoms with Crippen LogP contribution in [-0.4, -0.2) is 19.6 Å². The molecule has 168 valence electrons. The molecule has 0 heterocycles. The van der Waals surface area contributed by atoms with E-state index in [1.54, 1.807) is 37.4 Å². The SMILES string of the molecule is CCOc1cc(/C=C(/C#N)C(=O)Nc2ccc(OC)cc2)cc(I)c1OCc1ccccc1. The molecule has 1 N–H and O–H groups in total. The van der Waals surface area contributed by atoms with E-state index in [1.165, 1.54) is 6.08 Å². The van der Waals surface area contributed by atoms with E-state index in [2.05, 4.69) is 27.9 Å². The second kappa shape index (κ2) is 11.9. The molecule has 0 aliphatic heterocycles. The lowest BCUT2D eigenvalue weighted by Crippen LogP contribution is -2.13. The van der Waals surface area contributed by atoms with Gasteiger partial charge in [0.15, 0.2) is 11.5 Å². The molecule has 0 aliphatic rings. The number of methoxy groups -OCH3 is 1. The summed E-state index contributed by atoms with van der Waals surface area (Å²) in [6, 6.07) is 22.3. The van der Waals surface area contributed by atoms with Crippen molar-refractivity contribution in [3.05, 3.63) is 87.0 Å². The van der Waals surface area contributed by atoms with E-state index in [0.29, 0.717) is 41.7 Å². The molecular weight excluding hydrogens is 531 g/mol. The molecule has 3 rings (SSSR count). The molecule has 0 saturated carbocycles. The van der Waals surface area contributed by atoms with E-state index < -0.39 is 5.91 Å². The molecule has 3 aromatic rings. The zero-order chi connectivity index (χ0) is 23.6. The van der Waals surface area contributed by atoms with E-state index in [0.717, 1.165) is 9.13 Å². The molecule has 0 radical (unpaired) electrons. The number of hydrogen-bond acceptors (Lipinski definition) is 5. The minimum Gasteiger partial charge on any atom is -0.497 e. The molecule has 0 atom stereocenters. The molecule has 0 bridgehead atoms. The quantitative estimate of drug-likeness (QED) is 0.205. The van der Waals surface area contributed by atoms with E-state index in [-0.39, 0.29) is 5.57 Å². The van der Waals surface area contributed by atoms with Crippen LogP contribution in [-0.2, 0) is 11.4 Å². The summed E-state index contributed by atoms with van der Waals surface area (Å²) in [7, 11) is 1.57. The first kappa shape index (κ1) is 24.1. The number of amides is 1. The number of anilines is 1. The summed E-state index contributed by atoms with van der Waals surface area (Å²) in [6.45, 7) is 2.74. The maximum Gasteiger partial charge on any atom is 0.266 e.